The molecule has 0 saturated carbocycles. The zero-order valence-electron chi connectivity index (χ0n) is 19.8. The van der Waals surface area contributed by atoms with Gasteiger partial charge in [-0.2, -0.15) is 0 Å². The molecule has 0 aliphatic carbocycles. The lowest BCUT2D eigenvalue weighted by Gasteiger charge is -2.36. The Morgan fingerprint density at radius 1 is 0.967 bits per heavy atom. The topological polar surface area (TPSA) is 58.3 Å². The molecular formula is C24H42N4O2+2. The molecule has 1 saturated heterocycles. The minimum absolute atomic E-state index is 0.0675. The van der Waals surface area contributed by atoms with E-state index in [9.17, 15) is 9.59 Å². The number of benzene rings is 1. The summed E-state index contributed by atoms with van der Waals surface area (Å²) >= 11 is 0. The summed E-state index contributed by atoms with van der Waals surface area (Å²) in [4.78, 5) is 30.2. The highest BCUT2D eigenvalue weighted by Gasteiger charge is 2.30. The van der Waals surface area contributed by atoms with E-state index in [1.54, 1.807) is 0 Å². The normalized spacial score (nSPS) is 21.0. The molecule has 2 amide bonds. The van der Waals surface area contributed by atoms with Crippen LogP contribution in [0.1, 0.15) is 51.7 Å². The molecule has 3 N–H and O–H groups in total. The quantitative estimate of drug-likeness (QED) is 0.545. The standard InChI is InChI=1S/C24H40N4O2/c1-7-19(4)28(20(5)8-2)24(30)17-27-14-12-26(13-15-27)16-23(29)25-22-11-9-10-18(3)21(22)6/h9-11,19-20H,7-8,12-17H2,1-6H3,(H,25,29)/p+2/t19-,20+. The third-order valence-corrected chi connectivity index (χ3v) is 6.77. The van der Waals surface area contributed by atoms with Gasteiger partial charge in [0.2, 0.25) is 0 Å². The van der Waals surface area contributed by atoms with Crippen LogP contribution >= 0.6 is 0 Å². The van der Waals surface area contributed by atoms with Crippen molar-refractivity contribution in [3.8, 4) is 0 Å². The first-order valence-corrected chi connectivity index (χ1v) is 11.6. The van der Waals surface area contributed by atoms with Gasteiger partial charge in [0, 0.05) is 17.8 Å². The van der Waals surface area contributed by atoms with E-state index in [1.807, 2.05) is 19.1 Å². The number of quaternary nitrogens is 2. The van der Waals surface area contributed by atoms with Crippen molar-refractivity contribution in [3.63, 3.8) is 0 Å². The van der Waals surface area contributed by atoms with Crippen LogP contribution in [-0.4, -0.2) is 68.1 Å². The Kier molecular flexibility index (Phi) is 9.31. The van der Waals surface area contributed by atoms with Crippen LogP contribution in [0.2, 0.25) is 0 Å². The van der Waals surface area contributed by atoms with Gasteiger partial charge in [0.15, 0.2) is 13.1 Å². The molecule has 1 aromatic carbocycles. The molecule has 6 nitrogen and oxygen atoms in total. The van der Waals surface area contributed by atoms with E-state index in [2.05, 4.69) is 50.9 Å². The fraction of sp³-hybridized carbons (Fsp3) is 0.667. The summed E-state index contributed by atoms with van der Waals surface area (Å²) < 4.78 is 0. The number of hydrogen-bond acceptors (Lipinski definition) is 2. The summed E-state index contributed by atoms with van der Waals surface area (Å²) in [6, 6.07) is 6.57. The van der Waals surface area contributed by atoms with Crippen LogP contribution in [0.3, 0.4) is 0 Å². The predicted molar refractivity (Wildman–Crippen MR) is 122 cm³/mol. The summed E-state index contributed by atoms with van der Waals surface area (Å²) in [5.74, 6) is 0.336. The zero-order valence-corrected chi connectivity index (χ0v) is 19.8. The molecule has 1 aliphatic rings. The Morgan fingerprint density at radius 2 is 1.50 bits per heavy atom. The van der Waals surface area contributed by atoms with Crippen molar-refractivity contribution < 1.29 is 19.4 Å². The summed E-state index contributed by atoms with van der Waals surface area (Å²) in [6.07, 6.45) is 1.97. The molecule has 0 spiro atoms. The number of nitrogens with one attached hydrogen (secondary N) is 3. The molecule has 168 valence electrons. The first kappa shape index (κ1) is 24.4. The van der Waals surface area contributed by atoms with Crippen molar-refractivity contribution in [2.45, 2.75) is 66.5 Å². The third kappa shape index (κ3) is 6.54. The van der Waals surface area contributed by atoms with Gasteiger partial charge in [-0.15, -0.1) is 0 Å². The highest BCUT2D eigenvalue weighted by atomic mass is 16.2. The van der Waals surface area contributed by atoms with Gasteiger partial charge in [0.05, 0.1) is 0 Å². The summed E-state index contributed by atoms with van der Waals surface area (Å²) in [5, 5.41) is 3.07. The number of anilines is 1. The van der Waals surface area contributed by atoms with Gasteiger partial charge < -0.3 is 20.0 Å². The predicted octanol–water partition coefficient (Wildman–Crippen LogP) is 0.451. The maximum Gasteiger partial charge on any atom is 0.279 e. The fourth-order valence-electron chi connectivity index (χ4n) is 4.24. The number of rotatable bonds is 9. The molecule has 1 fully saturated rings. The zero-order chi connectivity index (χ0) is 22.3. The van der Waals surface area contributed by atoms with Crippen molar-refractivity contribution in [1.29, 1.82) is 0 Å². The number of amides is 2. The molecule has 0 radical (unpaired) electrons. The second-order valence-corrected chi connectivity index (χ2v) is 8.96. The van der Waals surface area contributed by atoms with Crippen LogP contribution in [0.25, 0.3) is 0 Å². The lowest BCUT2D eigenvalue weighted by Crippen LogP contribution is -3.28. The molecule has 6 heteroatoms. The first-order valence-electron chi connectivity index (χ1n) is 11.6. The number of nitrogens with zero attached hydrogens (tertiary/aromatic N) is 1. The van der Waals surface area contributed by atoms with Crippen molar-refractivity contribution >= 4 is 17.5 Å². The summed E-state index contributed by atoms with van der Waals surface area (Å²) in [7, 11) is 0. The minimum Gasteiger partial charge on any atom is -0.332 e. The Bertz CT molecular complexity index is 703. The van der Waals surface area contributed by atoms with Crippen LogP contribution in [0.4, 0.5) is 5.69 Å². The van der Waals surface area contributed by atoms with E-state index in [4.69, 9.17) is 0 Å². The van der Waals surface area contributed by atoms with E-state index >= 15 is 0 Å². The van der Waals surface area contributed by atoms with E-state index in [0.717, 1.165) is 50.3 Å². The van der Waals surface area contributed by atoms with Crippen LogP contribution in [0, 0.1) is 13.8 Å². The number of piperazine rings is 1. The van der Waals surface area contributed by atoms with Crippen molar-refractivity contribution in [2.24, 2.45) is 0 Å². The van der Waals surface area contributed by atoms with Gasteiger partial charge in [-0.25, -0.2) is 0 Å². The van der Waals surface area contributed by atoms with Crippen LogP contribution < -0.4 is 15.1 Å². The number of aryl methyl sites for hydroxylation is 1. The maximum atomic E-state index is 13.0. The Hall–Kier alpha value is -1.92. The SMILES string of the molecule is CC[C@@H](C)N(C(=O)C[NH+]1CC[NH+](CC(=O)Nc2cccc(C)c2C)CC1)[C@@H](C)CC. The number of hydrogen-bond donors (Lipinski definition) is 3. The lowest BCUT2D eigenvalue weighted by molar-refractivity contribution is -1.00. The Labute approximate surface area is 182 Å². The molecule has 30 heavy (non-hydrogen) atoms. The van der Waals surface area contributed by atoms with E-state index in [-0.39, 0.29) is 23.9 Å². The first-order chi connectivity index (χ1) is 14.3. The average molecular weight is 419 g/mol. The molecule has 0 aromatic heterocycles. The van der Waals surface area contributed by atoms with E-state index < -0.39 is 0 Å². The lowest BCUT2D eigenvalue weighted by atomic mass is 10.1. The van der Waals surface area contributed by atoms with Crippen molar-refractivity contribution in [3.05, 3.63) is 29.3 Å². The molecule has 2 atom stereocenters. The van der Waals surface area contributed by atoms with Gasteiger partial charge in [-0.1, -0.05) is 26.0 Å². The second kappa shape index (κ2) is 11.5. The van der Waals surface area contributed by atoms with Crippen molar-refractivity contribution in [2.75, 3.05) is 44.6 Å². The fourth-order valence-corrected chi connectivity index (χ4v) is 4.24. The molecular weight excluding hydrogens is 376 g/mol. The van der Waals surface area contributed by atoms with Gasteiger partial charge in [0.1, 0.15) is 26.2 Å². The minimum atomic E-state index is 0.0675. The smallest absolute Gasteiger partial charge is 0.279 e. The van der Waals surface area contributed by atoms with Gasteiger partial charge >= 0.3 is 0 Å². The van der Waals surface area contributed by atoms with E-state index in [0.29, 0.717) is 13.1 Å². The van der Waals surface area contributed by atoms with E-state index in [1.165, 1.54) is 15.4 Å². The molecule has 0 unspecified atom stereocenters. The molecule has 1 aliphatic heterocycles. The van der Waals surface area contributed by atoms with Gasteiger partial charge in [-0.3, -0.25) is 9.59 Å². The molecule has 2 rings (SSSR count). The summed E-state index contributed by atoms with van der Waals surface area (Å²) in [5.41, 5.74) is 3.22. The van der Waals surface area contributed by atoms with Gasteiger partial charge in [-0.05, 0) is 57.7 Å². The highest BCUT2D eigenvalue weighted by molar-refractivity contribution is 5.92. The Balaban J connectivity index is 1.82. The largest absolute Gasteiger partial charge is 0.332 e. The maximum absolute atomic E-state index is 13.0. The molecule has 1 aromatic rings. The molecule has 1 heterocycles. The van der Waals surface area contributed by atoms with Crippen LogP contribution in [-0.2, 0) is 9.59 Å². The number of carbonyl (C=O) groups excluding carboxylic acids is 2. The third-order valence-electron chi connectivity index (χ3n) is 6.77. The van der Waals surface area contributed by atoms with Crippen LogP contribution in [0.5, 0.6) is 0 Å². The van der Waals surface area contributed by atoms with Crippen LogP contribution in [0.15, 0.2) is 18.2 Å². The highest BCUT2D eigenvalue weighted by Crippen LogP contribution is 2.17. The summed E-state index contributed by atoms with van der Waals surface area (Å²) in [6.45, 7) is 17.5. The molecule has 0 bridgehead atoms. The van der Waals surface area contributed by atoms with Gasteiger partial charge in [0.25, 0.3) is 11.8 Å². The van der Waals surface area contributed by atoms with Crippen molar-refractivity contribution in [1.82, 2.24) is 4.90 Å². The average Bonchev–Trinajstić information content (AvgIpc) is 2.72. The number of carbonyl (C=O) groups is 2. The Morgan fingerprint density at radius 3 is 2.03 bits per heavy atom. The monoisotopic (exact) mass is 418 g/mol. The second-order valence-electron chi connectivity index (χ2n) is 8.96.